The number of rotatable bonds is 2. The Morgan fingerprint density at radius 1 is 0.815 bits per heavy atom. The number of benzene rings is 2. The summed E-state index contributed by atoms with van der Waals surface area (Å²) in [5.74, 6) is -0.278. The third kappa shape index (κ3) is 2.71. The van der Waals surface area contributed by atoms with Crippen LogP contribution in [0.25, 0.3) is 44.5 Å². The molecular formula is C21H14FN5. The fraction of sp³-hybridized carbons (Fsp3) is 0.0476. The monoisotopic (exact) mass is 355 g/mol. The molecule has 0 aliphatic carbocycles. The van der Waals surface area contributed by atoms with Gasteiger partial charge < -0.3 is 0 Å². The zero-order valence-corrected chi connectivity index (χ0v) is 14.4. The molecule has 0 radical (unpaired) electrons. The number of aromatic nitrogens is 5. The lowest BCUT2D eigenvalue weighted by Gasteiger charge is -2.05. The van der Waals surface area contributed by atoms with E-state index in [0.717, 1.165) is 33.3 Å². The van der Waals surface area contributed by atoms with E-state index in [1.807, 2.05) is 25.1 Å². The highest BCUT2D eigenvalue weighted by Crippen LogP contribution is 2.27. The number of aromatic amines is 1. The van der Waals surface area contributed by atoms with E-state index in [1.54, 1.807) is 24.5 Å². The van der Waals surface area contributed by atoms with Crippen molar-refractivity contribution in [1.82, 2.24) is 25.1 Å². The summed E-state index contributed by atoms with van der Waals surface area (Å²) >= 11 is 0. The van der Waals surface area contributed by atoms with Crippen LogP contribution in [-0.2, 0) is 0 Å². The van der Waals surface area contributed by atoms with Crippen molar-refractivity contribution in [2.75, 3.05) is 0 Å². The van der Waals surface area contributed by atoms with Gasteiger partial charge in [0.2, 0.25) is 0 Å². The molecular weight excluding hydrogens is 341 g/mol. The zero-order valence-electron chi connectivity index (χ0n) is 14.4. The number of nitrogens with zero attached hydrogens (tertiary/aromatic N) is 4. The van der Waals surface area contributed by atoms with Crippen molar-refractivity contribution in [2.24, 2.45) is 0 Å². The molecule has 3 aromatic heterocycles. The lowest BCUT2D eigenvalue weighted by atomic mass is 10.0. The van der Waals surface area contributed by atoms with Gasteiger partial charge >= 0.3 is 0 Å². The largest absolute Gasteiger partial charge is 0.282 e. The smallest absolute Gasteiger partial charge is 0.178 e. The summed E-state index contributed by atoms with van der Waals surface area (Å²) in [5.41, 5.74) is 6.72. The number of halogens is 1. The Balaban J connectivity index is 1.57. The van der Waals surface area contributed by atoms with E-state index in [1.165, 1.54) is 12.1 Å². The minimum atomic E-state index is -0.278. The summed E-state index contributed by atoms with van der Waals surface area (Å²) in [4.78, 5) is 13.5. The number of hydrogen-bond donors (Lipinski definition) is 1. The second kappa shape index (κ2) is 5.95. The number of H-pyrrole nitrogens is 1. The van der Waals surface area contributed by atoms with E-state index in [-0.39, 0.29) is 5.82 Å². The van der Waals surface area contributed by atoms with Gasteiger partial charge in [-0.3, -0.25) is 10.1 Å². The molecule has 0 unspecified atom stereocenters. The third-order valence-corrected chi connectivity index (χ3v) is 4.62. The van der Waals surface area contributed by atoms with Gasteiger partial charge in [-0.15, -0.1) is 0 Å². The van der Waals surface area contributed by atoms with Gasteiger partial charge in [0.15, 0.2) is 5.65 Å². The number of nitrogens with one attached hydrogen (secondary N) is 1. The van der Waals surface area contributed by atoms with E-state index in [9.17, 15) is 4.39 Å². The summed E-state index contributed by atoms with van der Waals surface area (Å²) in [7, 11) is 0. The lowest BCUT2D eigenvalue weighted by Crippen LogP contribution is -1.92. The van der Waals surface area contributed by atoms with E-state index in [2.05, 4.69) is 31.2 Å². The SMILES string of the molecule is Cc1[nH]nc2ccc(-c3cnc4nc(-c5ccc(F)cc5)cnc4c3)cc12. The number of hydrogen-bond acceptors (Lipinski definition) is 4. The van der Waals surface area contributed by atoms with Crippen LogP contribution in [0, 0.1) is 12.7 Å². The molecule has 2 aromatic carbocycles. The van der Waals surface area contributed by atoms with Crippen LogP contribution in [0.5, 0.6) is 0 Å². The molecule has 0 bridgehead atoms. The average molecular weight is 355 g/mol. The Hall–Kier alpha value is -3.67. The van der Waals surface area contributed by atoms with Gasteiger partial charge in [-0.05, 0) is 55.0 Å². The maximum Gasteiger partial charge on any atom is 0.178 e. The number of fused-ring (bicyclic) bond motifs is 2. The van der Waals surface area contributed by atoms with Crippen LogP contribution in [0.3, 0.4) is 0 Å². The van der Waals surface area contributed by atoms with Crippen LogP contribution in [0.2, 0.25) is 0 Å². The summed E-state index contributed by atoms with van der Waals surface area (Å²) in [5, 5.41) is 8.35. The third-order valence-electron chi connectivity index (χ3n) is 4.62. The van der Waals surface area contributed by atoms with E-state index >= 15 is 0 Å². The Bertz CT molecular complexity index is 1290. The number of pyridine rings is 1. The first-order chi connectivity index (χ1) is 13.2. The molecule has 0 aliphatic heterocycles. The van der Waals surface area contributed by atoms with Gasteiger partial charge in [-0.1, -0.05) is 6.07 Å². The highest BCUT2D eigenvalue weighted by molar-refractivity contribution is 5.88. The molecule has 6 heteroatoms. The average Bonchev–Trinajstić information content (AvgIpc) is 3.08. The minimum Gasteiger partial charge on any atom is -0.282 e. The van der Waals surface area contributed by atoms with Crippen LogP contribution in [0.1, 0.15) is 5.69 Å². The van der Waals surface area contributed by atoms with Crippen molar-refractivity contribution in [3.05, 3.63) is 72.4 Å². The Morgan fingerprint density at radius 2 is 1.63 bits per heavy atom. The van der Waals surface area contributed by atoms with Crippen molar-refractivity contribution in [1.29, 1.82) is 0 Å². The molecule has 5 rings (SSSR count). The molecule has 3 heterocycles. The van der Waals surface area contributed by atoms with E-state index in [4.69, 9.17) is 0 Å². The van der Waals surface area contributed by atoms with Crippen LogP contribution >= 0.6 is 0 Å². The molecule has 27 heavy (non-hydrogen) atoms. The fourth-order valence-corrected chi connectivity index (χ4v) is 3.14. The summed E-state index contributed by atoms with van der Waals surface area (Å²) in [6.45, 7) is 2.00. The molecule has 0 aliphatic rings. The van der Waals surface area contributed by atoms with Crippen molar-refractivity contribution in [2.45, 2.75) is 6.92 Å². The van der Waals surface area contributed by atoms with Gasteiger partial charge in [0.05, 0.1) is 17.4 Å². The minimum absolute atomic E-state index is 0.278. The second-order valence-corrected chi connectivity index (χ2v) is 6.41. The molecule has 5 nitrogen and oxygen atoms in total. The molecule has 0 spiro atoms. The van der Waals surface area contributed by atoms with Gasteiger partial charge in [-0.2, -0.15) is 5.10 Å². The molecule has 0 saturated carbocycles. The van der Waals surface area contributed by atoms with Crippen LogP contribution in [0.15, 0.2) is 60.9 Å². The molecule has 0 atom stereocenters. The standard InChI is InChI=1S/C21H14FN5/c1-12-17-8-14(4-7-18(17)27-26-12)15-9-19-21(24-10-15)25-20(11-23-19)13-2-5-16(22)6-3-13/h2-11H,1H3,(H,26,27). The van der Waals surface area contributed by atoms with Crippen LogP contribution in [-0.4, -0.2) is 25.1 Å². The topological polar surface area (TPSA) is 67.3 Å². The first kappa shape index (κ1) is 15.6. The quantitative estimate of drug-likeness (QED) is 0.499. The maximum absolute atomic E-state index is 13.1. The van der Waals surface area contributed by atoms with Gasteiger partial charge in [0, 0.05) is 28.4 Å². The molecule has 0 fully saturated rings. The zero-order chi connectivity index (χ0) is 18.4. The van der Waals surface area contributed by atoms with Crippen molar-refractivity contribution in [3.8, 4) is 22.4 Å². The Kier molecular flexibility index (Phi) is 3.43. The Morgan fingerprint density at radius 3 is 2.48 bits per heavy atom. The summed E-state index contributed by atoms with van der Waals surface area (Å²) in [6, 6.07) is 14.3. The Labute approximate surface area is 153 Å². The van der Waals surface area contributed by atoms with E-state index in [0.29, 0.717) is 16.9 Å². The second-order valence-electron chi connectivity index (χ2n) is 6.41. The summed E-state index contributed by atoms with van der Waals surface area (Å²) < 4.78 is 13.1. The highest BCUT2D eigenvalue weighted by Gasteiger charge is 2.08. The fourth-order valence-electron chi connectivity index (χ4n) is 3.14. The first-order valence-electron chi connectivity index (χ1n) is 8.51. The van der Waals surface area contributed by atoms with Crippen molar-refractivity contribution in [3.63, 3.8) is 0 Å². The molecule has 1 N–H and O–H groups in total. The van der Waals surface area contributed by atoms with Gasteiger partial charge in [0.1, 0.15) is 11.3 Å². The number of aryl methyl sites for hydroxylation is 1. The molecule has 0 amide bonds. The van der Waals surface area contributed by atoms with Gasteiger partial charge in [0.25, 0.3) is 0 Å². The molecule has 130 valence electrons. The van der Waals surface area contributed by atoms with E-state index < -0.39 is 0 Å². The highest BCUT2D eigenvalue weighted by atomic mass is 19.1. The molecule has 0 saturated heterocycles. The van der Waals surface area contributed by atoms with Crippen LogP contribution < -0.4 is 0 Å². The lowest BCUT2D eigenvalue weighted by molar-refractivity contribution is 0.628. The van der Waals surface area contributed by atoms with Crippen molar-refractivity contribution >= 4 is 22.1 Å². The maximum atomic E-state index is 13.1. The summed E-state index contributed by atoms with van der Waals surface area (Å²) in [6.07, 6.45) is 3.48. The van der Waals surface area contributed by atoms with Crippen LogP contribution in [0.4, 0.5) is 4.39 Å². The first-order valence-corrected chi connectivity index (χ1v) is 8.51. The predicted octanol–water partition coefficient (Wildman–Crippen LogP) is 4.68. The van der Waals surface area contributed by atoms with Gasteiger partial charge in [-0.25, -0.2) is 14.4 Å². The van der Waals surface area contributed by atoms with Crippen molar-refractivity contribution < 1.29 is 4.39 Å². The predicted molar refractivity (Wildman–Crippen MR) is 103 cm³/mol. The molecule has 5 aromatic rings. The normalized spacial score (nSPS) is 11.3.